The first kappa shape index (κ1) is 27.3. The van der Waals surface area contributed by atoms with Crippen molar-refractivity contribution in [2.24, 2.45) is 0 Å². The molecular weight excluding hydrogens is 420 g/mol. The van der Waals surface area contributed by atoms with E-state index >= 15 is 0 Å². The van der Waals surface area contributed by atoms with E-state index in [0.29, 0.717) is 0 Å². The molecule has 0 radical (unpaired) electrons. The fourth-order valence-corrected chi connectivity index (χ4v) is 13.1. The molecule has 0 unspecified atom stereocenters. The van der Waals surface area contributed by atoms with Gasteiger partial charge >= 0.3 is 0 Å². The van der Waals surface area contributed by atoms with E-state index < -0.39 is 16.6 Å². The molecule has 0 atom stereocenters. The Morgan fingerprint density at radius 3 is 0.750 bits per heavy atom. The fraction of sp³-hybridized carbons (Fsp3) is 0.172. The van der Waals surface area contributed by atoms with Gasteiger partial charge in [-0.25, -0.2) is 0 Å². The van der Waals surface area contributed by atoms with Gasteiger partial charge in [-0.1, -0.05) is 144 Å². The third kappa shape index (κ3) is 5.36. The maximum absolute atomic E-state index is 7.45. The van der Waals surface area contributed by atoms with Crippen molar-refractivity contribution in [2.45, 2.75) is 35.4 Å². The van der Waals surface area contributed by atoms with Crippen LogP contribution in [0.2, 0.25) is 13.1 Å². The van der Waals surface area contributed by atoms with Crippen LogP contribution in [0.4, 0.5) is 0 Å². The van der Waals surface area contributed by atoms with Crippen molar-refractivity contribution >= 4 is 37.4 Å². The van der Waals surface area contributed by atoms with Crippen LogP contribution in [-0.4, -0.2) is 16.6 Å². The minimum absolute atomic E-state index is 0. The molecule has 0 saturated carbocycles. The molecule has 0 aromatic heterocycles. The van der Waals surface area contributed by atoms with E-state index in [2.05, 4.69) is 134 Å². The molecule has 0 aliphatic rings. The summed E-state index contributed by atoms with van der Waals surface area (Å²) in [5.74, 6) is 0. The lowest BCUT2D eigenvalue weighted by Gasteiger charge is -2.39. The summed E-state index contributed by atoms with van der Waals surface area (Å²) in [6.45, 7) is 4.68. The monoisotopic (exact) mass is 458 g/mol. The zero-order chi connectivity index (χ0) is 20.2. The molecule has 32 heavy (non-hydrogen) atoms. The molecule has 4 rings (SSSR count). The van der Waals surface area contributed by atoms with Crippen LogP contribution in [-0.2, 0) is 4.12 Å². The van der Waals surface area contributed by atoms with Gasteiger partial charge in [0, 0.05) is 0 Å². The molecule has 4 aromatic carbocycles. The molecule has 0 saturated heterocycles. The average Bonchev–Trinajstić information content (AvgIpc) is 2.81. The summed E-state index contributed by atoms with van der Waals surface area (Å²) in [4.78, 5) is 0. The largest absolute Gasteiger partial charge is 0.442 e. The van der Waals surface area contributed by atoms with Crippen molar-refractivity contribution in [1.82, 2.24) is 0 Å². The Morgan fingerprint density at radius 2 is 0.562 bits per heavy atom. The van der Waals surface area contributed by atoms with Crippen LogP contribution >= 0.6 is 0 Å². The van der Waals surface area contributed by atoms with Crippen LogP contribution in [0.15, 0.2) is 121 Å². The number of hydrogen-bond acceptors (Lipinski definition) is 1. The van der Waals surface area contributed by atoms with Gasteiger partial charge in [-0.05, 0) is 33.8 Å². The van der Waals surface area contributed by atoms with Gasteiger partial charge in [-0.2, -0.15) is 0 Å². The third-order valence-corrected chi connectivity index (χ3v) is 14.7. The maximum atomic E-state index is 7.45. The molecule has 0 fully saturated rings. The van der Waals surface area contributed by atoms with Gasteiger partial charge in [0.1, 0.15) is 0 Å². The topological polar surface area (TPSA) is 9.23 Å². The molecule has 0 aliphatic heterocycles. The zero-order valence-electron chi connectivity index (χ0n) is 17.0. The van der Waals surface area contributed by atoms with Crippen LogP contribution < -0.4 is 20.7 Å². The summed E-state index contributed by atoms with van der Waals surface area (Å²) < 4.78 is 7.45. The summed E-state index contributed by atoms with van der Waals surface area (Å²) in [5, 5.41) is 5.21. The second-order valence-electron chi connectivity index (χ2n) is 7.63. The fourth-order valence-electron chi connectivity index (χ4n) is 4.00. The first-order valence-electron chi connectivity index (χ1n) is 10.1. The summed E-state index contributed by atoms with van der Waals surface area (Å²) in [6.07, 6.45) is 0. The molecule has 0 bridgehead atoms. The lowest BCUT2D eigenvalue weighted by Crippen LogP contribution is -2.70. The number of benzene rings is 4. The van der Waals surface area contributed by atoms with E-state index in [9.17, 15) is 0 Å². The number of rotatable bonds is 6. The van der Waals surface area contributed by atoms with Crippen molar-refractivity contribution in [1.29, 1.82) is 0 Å². The van der Waals surface area contributed by atoms with Gasteiger partial charge in [0.25, 0.3) is 0 Å². The van der Waals surface area contributed by atoms with Gasteiger partial charge in [-0.15, -0.1) is 0 Å². The van der Waals surface area contributed by atoms with Crippen LogP contribution in [0.5, 0.6) is 0 Å². The average molecular weight is 459 g/mol. The molecule has 3 heteroatoms. The van der Waals surface area contributed by atoms with Crippen molar-refractivity contribution in [3.8, 4) is 0 Å². The highest BCUT2D eigenvalue weighted by molar-refractivity contribution is 7.08. The molecule has 0 N–H and O–H groups in total. The number of hydrogen-bond donors (Lipinski definition) is 0. The summed E-state index contributed by atoms with van der Waals surface area (Å²) in [7, 11) is -4.88. The minimum Gasteiger partial charge on any atom is -0.442 e. The lowest BCUT2D eigenvalue weighted by molar-refractivity contribution is 0.587. The Kier molecular flexibility index (Phi) is 10.0. The van der Waals surface area contributed by atoms with Crippen molar-refractivity contribution in [3.63, 3.8) is 0 Å². The van der Waals surface area contributed by atoms with Crippen LogP contribution in [0.3, 0.4) is 0 Å². The summed E-state index contributed by atoms with van der Waals surface area (Å²) >= 11 is 0. The van der Waals surface area contributed by atoms with Gasteiger partial charge in [0.15, 0.2) is 0 Å². The molecule has 0 spiro atoms. The lowest BCUT2D eigenvalue weighted by atomic mass is 10.4. The first-order valence-corrected chi connectivity index (χ1v) is 14.9. The van der Waals surface area contributed by atoms with Gasteiger partial charge in [0.05, 0.1) is 0 Å². The van der Waals surface area contributed by atoms with Gasteiger partial charge in [0.2, 0.25) is 16.6 Å². The Hall–Kier alpha value is -2.73. The molecule has 0 amide bonds. The summed E-state index contributed by atoms with van der Waals surface area (Å²) in [6, 6.07) is 43.1. The highest BCUT2D eigenvalue weighted by atomic mass is 28.4. The van der Waals surface area contributed by atoms with E-state index in [0.717, 1.165) is 0 Å². The Balaban J connectivity index is 0.00000171. The second kappa shape index (κ2) is 11.8. The van der Waals surface area contributed by atoms with Gasteiger partial charge in [-0.3, -0.25) is 0 Å². The van der Waals surface area contributed by atoms with E-state index in [4.69, 9.17) is 4.12 Å². The quantitative estimate of drug-likeness (QED) is 0.337. The van der Waals surface area contributed by atoms with Crippen molar-refractivity contribution in [3.05, 3.63) is 121 Å². The van der Waals surface area contributed by atoms with Crippen LogP contribution in [0.25, 0.3) is 0 Å². The molecule has 4 aromatic rings. The van der Waals surface area contributed by atoms with Crippen molar-refractivity contribution in [2.75, 3.05) is 0 Å². The minimum atomic E-state index is -2.44. The molecule has 168 valence electrons. The molecule has 0 aliphatic carbocycles. The maximum Gasteiger partial charge on any atom is 0.242 e. The Bertz CT molecular complexity index is 870. The third-order valence-electron chi connectivity index (χ3n) is 5.71. The highest BCUT2D eigenvalue weighted by Gasteiger charge is 2.44. The van der Waals surface area contributed by atoms with Crippen LogP contribution in [0.1, 0.15) is 22.3 Å². The zero-order valence-corrected chi connectivity index (χ0v) is 19.0. The highest BCUT2D eigenvalue weighted by Crippen LogP contribution is 2.17. The predicted octanol–water partition coefficient (Wildman–Crippen LogP) is 5.69. The second-order valence-corrected chi connectivity index (χ2v) is 14.9. The van der Waals surface area contributed by atoms with E-state index in [1.54, 1.807) is 0 Å². The molecule has 1 nitrogen and oxygen atoms in total. The predicted molar refractivity (Wildman–Crippen MR) is 149 cm³/mol. The Morgan fingerprint density at radius 1 is 0.375 bits per heavy atom. The Labute approximate surface area is 198 Å². The van der Waals surface area contributed by atoms with Crippen molar-refractivity contribution < 1.29 is 4.12 Å². The van der Waals surface area contributed by atoms with E-state index in [1.807, 2.05) is 0 Å². The molecular formula is C29H38OSi2. The smallest absolute Gasteiger partial charge is 0.242 e. The normalized spacial score (nSPS) is 10.8. The van der Waals surface area contributed by atoms with Crippen LogP contribution in [0, 0.1) is 0 Å². The van der Waals surface area contributed by atoms with E-state index in [-0.39, 0.29) is 22.3 Å². The summed E-state index contributed by atoms with van der Waals surface area (Å²) in [5.41, 5.74) is 0. The van der Waals surface area contributed by atoms with Gasteiger partial charge < -0.3 is 4.12 Å². The SMILES string of the molecule is C.C.C.C[Si](O[Si](C)(c1ccccc1)c1ccccc1)(c1ccccc1)c1ccccc1. The first-order chi connectivity index (χ1) is 14.1. The van der Waals surface area contributed by atoms with E-state index in [1.165, 1.54) is 20.7 Å². The standard InChI is InChI=1S/C26H26OSi2.3CH4/c1-28(23-15-7-3-8-16-23,24-17-9-4-10-18-24)27-29(2,25-19-11-5-12-20-25)26-21-13-6-14-22-26;;;/h3-22H,1-2H3;3*1H4. The molecule has 0 heterocycles.